The third kappa shape index (κ3) is 3.35. The van der Waals surface area contributed by atoms with Crippen molar-refractivity contribution in [3.63, 3.8) is 0 Å². The van der Waals surface area contributed by atoms with Crippen LogP contribution in [0.1, 0.15) is 57.1 Å². The molecule has 1 saturated carbocycles. The molecule has 0 radical (unpaired) electrons. The molecule has 1 aliphatic carbocycles. The Kier molecular flexibility index (Phi) is 4.81. The lowest BCUT2D eigenvalue weighted by atomic mass is 9.92. The van der Waals surface area contributed by atoms with Crippen LogP contribution >= 0.6 is 0 Å². The minimum Gasteiger partial charge on any atom is -0.352 e. The SMILES string of the molecule is C[C@@H](C(=O)NC1CCCC1)N1CCC(c2ccnn2C)CC1. The van der Waals surface area contributed by atoms with E-state index in [1.807, 2.05) is 17.9 Å². The predicted octanol–water partition coefficient (Wildman–Crippen LogP) is 2.05. The highest BCUT2D eigenvalue weighted by atomic mass is 16.2. The number of nitrogens with one attached hydrogen (secondary N) is 1. The Labute approximate surface area is 133 Å². The van der Waals surface area contributed by atoms with Gasteiger partial charge in [0.25, 0.3) is 0 Å². The minimum absolute atomic E-state index is 0.00640. The Balaban J connectivity index is 1.50. The Morgan fingerprint density at radius 2 is 1.95 bits per heavy atom. The molecule has 122 valence electrons. The van der Waals surface area contributed by atoms with Crippen LogP contribution in [0.25, 0.3) is 0 Å². The van der Waals surface area contributed by atoms with E-state index in [1.54, 1.807) is 0 Å². The maximum Gasteiger partial charge on any atom is 0.237 e. The summed E-state index contributed by atoms with van der Waals surface area (Å²) in [4.78, 5) is 14.7. The van der Waals surface area contributed by atoms with Crippen molar-refractivity contribution < 1.29 is 4.79 Å². The molecular formula is C17H28N4O. The summed E-state index contributed by atoms with van der Waals surface area (Å²) in [5, 5.41) is 7.50. The molecule has 1 aliphatic heterocycles. The summed E-state index contributed by atoms with van der Waals surface area (Å²) >= 11 is 0. The van der Waals surface area contributed by atoms with Gasteiger partial charge in [0.15, 0.2) is 0 Å². The van der Waals surface area contributed by atoms with Crippen molar-refractivity contribution in [1.82, 2.24) is 20.0 Å². The van der Waals surface area contributed by atoms with E-state index in [0.717, 1.165) is 38.8 Å². The van der Waals surface area contributed by atoms with Gasteiger partial charge in [-0.15, -0.1) is 0 Å². The lowest BCUT2D eigenvalue weighted by Gasteiger charge is -2.35. The molecule has 1 N–H and O–H groups in total. The monoisotopic (exact) mass is 304 g/mol. The number of rotatable bonds is 4. The zero-order valence-corrected chi connectivity index (χ0v) is 13.8. The molecule has 2 heterocycles. The number of nitrogens with zero attached hydrogens (tertiary/aromatic N) is 3. The number of aryl methyl sites for hydroxylation is 1. The fourth-order valence-electron chi connectivity index (χ4n) is 3.92. The maximum atomic E-state index is 12.4. The second-order valence-corrected chi connectivity index (χ2v) is 6.86. The molecule has 3 rings (SSSR count). The van der Waals surface area contributed by atoms with Crippen LogP contribution in [0.15, 0.2) is 12.3 Å². The van der Waals surface area contributed by atoms with Crippen molar-refractivity contribution >= 4 is 5.91 Å². The van der Waals surface area contributed by atoms with Crippen molar-refractivity contribution in [1.29, 1.82) is 0 Å². The van der Waals surface area contributed by atoms with Crippen LogP contribution in [0.2, 0.25) is 0 Å². The van der Waals surface area contributed by atoms with Gasteiger partial charge < -0.3 is 5.32 Å². The summed E-state index contributed by atoms with van der Waals surface area (Å²) in [7, 11) is 2.01. The van der Waals surface area contributed by atoms with E-state index in [0.29, 0.717) is 12.0 Å². The second-order valence-electron chi connectivity index (χ2n) is 6.86. The largest absolute Gasteiger partial charge is 0.352 e. The van der Waals surface area contributed by atoms with Gasteiger partial charge in [0.05, 0.1) is 6.04 Å². The first-order valence-corrected chi connectivity index (χ1v) is 8.67. The summed E-state index contributed by atoms with van der Waals surface area (Å²) in [6, 6.07) is 2.53. The number of likely N-dealkylation sites (tertiary alicyclic amines) is 1. The van der Waals surface area contributed by atoms with Crippen molar-refractivity contribution in [2.45, 2.75) is 63.5 Å². The first-order valence-electron chi connectivity index (χ1n) is 8.67. The number of amides is 1. The highest BCUT2D eigenvalue weighted by Gasteiger charge is 2.29. The standard InChI is InChI=1S/C17H28N4O/c1-13(17(22)19-15-5-3-4-6-15)21-11-8-14(9-12-21)16-7-10-18-20(16)2/h7,10,13-15H,3-6,8-9,11-12H2,1-2H3,(H,19,22)/t13-/m0/s1. The quantitative estimate of drug-likeness (QED) is 0.926. The third-order valence-electron chi connectivity index (χ3n) is 5.44. The van der Waals surface area contributed by atoms with Crippen molar-refractivity contribution in [2.24, 2.45) is 7.05 Å². The van der Waals surface area contributed by atoms with E-state index < -0.39 is 0 Å². The van der Waals surface area contributed by atoms with Crippen LogP contribution < -0.4 is 5.32 Å². The van der Waals surface area contributed by atoms with Gasteiger partial charge in [0.2, 0.25) is 5.91 Å². The summed E-state index contributed by atoms with van der Waals surface area (Å²) in [5.41, 5.74) is 1.32. The zero-order valence-electron chi connectivity index (χ0n) is 13.8. The van der Waals surface area contributed by atoms with Gasteiger partial charge in [-0.3, -0.25) is 14.4 Å². The first-order chi connectivity index (χ1) is 10.6. The van der Waals surface area contributed by atoms with E-state index in [4.69, 9.17) is 0 Å². The molecule has 1 amide bonds. The van der Waals surface area contributed by atoms with Crippen molar-refractivity contribution in [2.75, 3.05) is 13.1 Å². The van der Waals surface area contributed by atoms with Gasteiger partial charge in [0.1, 0.15) is 0 Å². The van der Waals surface area contributed by atoms with Crippen LogP contribution in [0.3, 0.4) is 0 Å². The summed E-state index contributed by atoms with van der Waals surface area (Å²) in [6.07, 6.45) is 8.92. The Morgan fingerprint density at radius 1 is 1.27 bits per heavy atom. The van der Waals surface area contributed by atoms with Gasteiger partial charge in [-0.25, -0.2) is 0 Å². The van der Waals surface area contributed by atoms with Gasteiger partial charge in [-0.05, 0) is 51.8 Å². The Bertz CT molecular complexity index is 499. The topological polar surface area (TPSA) is 50.2 Å². The highest BCUT2D eigenvalue weighted by Crippen LogP contribution is 2.28. The molecule has 1 aromatic heterocycles. The normalized spacial score (nSPS) is 22.8. The van der Waals surface area contributed by atoms with E-state index in [9.17, 15) is 4.79 Å². The molecule has 1 atom stereocenters. The lowest BCUT2D eigenvalue weighted by molar-refractivity contribution is -0.127. The second kappa shape index (κ2) is 6.82. The average Bonchev–Trinajstić information content (AvgIpc) is 3.18. The number of piperidine rings is 1. The van der Waals surface area contributed by atoms with Gasteiger partial charge >= 0.3 is 0 Å². The number of aromatic nitrogens is 2. The fraction of sp³-hybridized carbons (Fsp3) is 0.765. The highest BCUT2D eigenvalue weighted by molar-refractivity contribution is 5.81. The number of hydrogen-bond acceptors (Lipinski definition) is 3. The predicted molar refractivity (Wildman–Crippen MR) is 86.6 cm³/mol. The van der Waals surface area contributed by atoms with E-state index in [1.165, 1.54) is 18.5 Å². The number of hydrogen-bond donors (Lipinski definition) is 1. The molecule has 2 fully saturated rings. The molecule has 0 spiro atoms. The summed E-state index contributed by atoms with van der Waals surface area (Å²) < 4.78 is 1.98. The lowest BCUT2D eigenvalue weighted by Crippen LogP contribution is -2.50. The smallest absolute Gasteiger partial charge is 0.237 e. The Morgan fingerprint density at radius 3 is 2.55 bits per heavy atom. The molecule has 5 heteroatoms. The summed E-state index contributed by atoms with van der Waals surface area (Å²) in [5.74, 6) is 0.791. The molecule has 1 aromatic rings. The minimum atomic E-state index is -0.00640. The fourth-order valence-corrected chi connectivity index (χ4v) is 3.92. The van der Waals surface area contributed by atoms with Crippen LogP contribution in [0.4, 0.5) is 0 Å². The van der Waals surface area contributed by atoms with Crippen molar-refractivity contribution in [3.8, 4) is 0 Å². The molecule has 0 unspecified atom stereocenters. The van der Waals surface area contributed by atoms with Gasteiger partial charge in [0, 0.05) is 30.9 Å². The van der Waals surface area contributed by atoms with E-state index in [-0.39, 0.29) is 11.9 Å². The van der Waals surface area contributed by atoms with Crippen LogP contribution in [0, 0.1) is 0 Å². The van der Waals surface area contributed by atoms with Crippen LogP contribution in [0.5, 0.6) is 0 Å². The number of carbonyl (C=O) groups excluding carboxylic acids is 1. The maximum absolute atomic E-state index is 12.4. The summed E-state index contributed by atoms with van der Waals surface area (Å²) in [6.45, 7) is 4.04. The molecule has 22 heavy (non-hydrogen) atoms. The first kappa shape index (κ1) is 15.5. The molecule has 0 aromatic carbocycles. The molecular weight excluding hydrogens is 276 g/mol. The zero-order chi connectivity index (χ0) is 15.5. The molecule has 1 saturated heterocycles. The van der Waals surface area contributed by atoms with Crippen molar-refractivity contribution in [3.05, 3.63) is 18.0 Å². The molecule has 2 aliphatic rings. The third-order valence-corrected chi connectivity index (χ3v) is 5.44. The number of carbonyl (C=O) groups is 1. The van der Waals surface area contributed by atoms with Gasteiger partial charge in [-0.1, -0.05) is 12.8 Å². The van der Waals surface area contributed by atoms with Crippen LogP contribution in [-0.2, 0) is 11.8 Å². The molecule has 0 bridgehead atoms. The Hall–Kier alpha value is -1.36. The molecule has 5 nitrogen and oxygen atoms in total. The van der Waals surface area contributed by atoms with E-state index in [2.05, 4.69) is 28.3 Å². The van der Waals surface area contributed by atoms with Crippen LogP contribution in [-0.4, -0.2) is 45.8 Å². The van der Waals surface area contributed by atoms with E-state index >= 15 is 0 Å². The van der Waals surface area contributed by atoms with Gasteiger partial charge in [-0.2, -0.15) is 5.10 Å². The average molecular weight is 304 g/mol.